The second kappa shape index (κ2) is 12.5. The highest BCUT2D eigenvalue weighted by atomic mass is 19.2. The van der Waals surface area contributed by atoms with Crippen molar-refractivity contribution < 1.29 is 17.9 Å². The fourth-order valence-corrected chi connectivity index (χ4v) is 4.19. The van der Waals surface area contributed by atoms with Gasteiger partial charge in [0.05, 0.1) is 12.2 Å². The van der Waals surface area contributed by atoms with Crippen LogP contribution in [0.1, 0.15) is 88.2 Å². The SMILES string of the molecule is CCCCCCCCOc1ccc([C@H]2CC[C@H](C#Cc3cc(F)c(F)nc3F)CC2)cc1. The highest BCUT2D eigenvalue weighted by molar-refractivity contribution is 5.34. The van der Waals surface area contributed by atoms with Gasteiger partial charge in [0.2, 0.25) is 5.95 Å². The Morgan fingerprint density at radius 1 is 0.906 bits per heavy atom. The van der Waals surface area contributed by atoms with Crippen LogP contribution in [0.15, 0.2) is 30.3 Å². The number of unbranched alkanes of at least 4 members (excludes halogenated alkanes) is 5. The molecule has 1 aromatic carbocycles. The van der Waals surface area contributed by atoms with E-state index in [-0.39, 0.29) is 11.5 Å². The Hall–Kier alpha value is -2.48. The molecule has 1 aliphatic rings. The number of rotatable bonds is 9. The van der Waals surface area contributed by atoms with Gasteiger partial charge in [-0.1, -0.05) is 63.0 Å². The highest BCUT2D eigenvalue weighted by Crippen LogP contribution is 2.36. The van der Waals surface area contributed by atoms with Crippen LogP contribution in [0.2, 0.25) is 0 Å². The highest BCUT2D eigenvalue weighted by Gasteiger charge is 2.21. The van der Waals surface area contributed by atoms with E-state index in [1.807, 2.05) is 0 Å². The second-order valence-electron chi connectivity index (χ2n) is 8.60. The number of pyridine rings is 1. The van der Waals surface area contributed by atoms with Crippen molar-refractivity contribution >= 4 is 0 Å². The van der Waals surface area contributed by atoms with Crippen molar-refractivity contribution in [1.82, 2.24) is 4.98 Å². The molecule has 2 nitrogen and oxygen atoms in total. The predicted octanol–water partition coefficient (Wildman–Crippen LogP) is 7.56. The molecule has 0 bridgehead atoms. The molecule has 0 saturated heterocycles. The standard InChI is InChI=1S/C27H32F3NO/c1-2-3-4-5-6-7-18-32-24-16-14-22(15-17-24)21-11-8-20(9-12-21)10-13-23-19-25(28)27(30)31-26(23)29/h14-17,19-21H,2-9,11-12,18H2,1H3/t20-,21-. The van der Waals surface area contributed by atoms with Crippen LogP contribution >= 0.6 is 0 Å². The van der Waals surface area contributed by atoms with Gasteiger partial charge in [-0.3, -0.25) is 0 Å². The first-order chi connectivity index (χ1) is 15.6. The maximum atomic E-state index is 13.6. The van der Waals surface area contributed by atoms with Crippen molar-refractivity contribution in [1.29, 1.82) is 0 Å². The van der Waals surface area contributed by atoms with E-state index in [1.54, 1.807) is 0 Å². The zero-order valence-corrected chi connectivity index (χ0v) is 18.8. The Kier molecular flexibility index (Phi) is 9.46. The van der Waals surface area contributed by atoms with Crippen molar-refractivity contribution in [2.75, 3.05) is 6.61 Å². The summed E-state index contributed by atoms with van der Waals surface area (Å²) in [6, 6.07) is 9.17. The van der Waals surface area contributed by atoms with Gasteiger partial charge in [0, 0.05) is 5.92 Å². The van der Waals surface area contributed by atoms with Gasteiger partial charge in [0.1, 0.15) is 5.75 Å². The topological polar surface area (TPSA) is 22.1 Å². The van der Waals surface area contributed by atoms with E-state index < -0.39 is 17.7 Å². The third-order valence-corrected chi connectivity index (χ3v) is 6.14. The van der Waals surface area contributed by atoms with Crippen molar-refractivity contribution in [3.63, 3.8) is 0 Å². The number of benzene rings is 1. The molecule has 0 spiro atoms. The third-order valence-electron chi connectivity index (χ3n) is 6.14. The van der Waals surface area contributed by atoms with Crippen LogP contribution in [0.4, 0.5) is 13.2 Å². The van der Waals surface area contributed by atoms with Crippen LogP contribution in [-0.2, 0) is 0 Å². The van der Waals surface area contributed by atoms with Gasteiger partial charge in [-0.25, -0.2) is 4.39 Å². The average molecular weight is 444 g/mol. The van der Waals surface area contributed by atoms with E-state index in [0.717, 1.165) is 50.5 Å². The normalized spacial score (nSPS) is 18.1. The quantitative estimate of drug-likeness (QED) is 0.227. The first-order valence-electron chi connectivity index (χ1n) is 11.8. The second-order valence-corrected chi connectivity index (χ2v) is 8.60. The molecule has 0 unspecified atom stereocenters. The largest absolute Gasteiger partial charge is 0.494 e. The van der Waals surface area contributed by atoms with E-state index in [2.05, 4.69) is 48.0 Å². The zero-order chi connectivity index (χ0) is 22.8. The minimum absolute atomic E-state index is 0.124. The maximum Gasteiger partial charge on any atom is 0.251 e. The van der Waals surface area contributed by atoms with Gasteiger partial charge in [0.25, 0.3) is 5.95 Å². The third kappa shape index (κ3) is 7.29. The Bertz CT molecular complexity index is 909. The predicted molar refractivity (Wildman–Crippen MR) is 121 cm³/mol. The summed E-state index contributed by atoms with van der Waals surface area (Å²) in [5.74, 6) is 3.49. The average Bonchev–Trinajstić information content (AvgIpc) is 2.81. The lowest BCUT2D eigenvalue weighted by atomic mass is 9.79. The van der Waals surface area contributed by atoms with E-state index in [9.17, 15) is 13.2 Å². The molecule has 1 fully saturated rings. The van der Waals surface area contributed by atoms with Gasteiger partial charge in [-0.15, -0.1) is 0 Å². The Balaban J connectivity index is 1.42. The molecular weight excluding hydrogens is 411 g/mol. The zero-order valence-electron chi connectivity index (χ0n) is 18.8. The summed E-state index contributed by atoms with van der Waals surface area (Å²) in [4.78, 5) is 2.91. The molecule has 0 radical (unpaired) electrons. The number of ether oxygens (including phenoxy) is 1. The van der Waals surface area contributed by atoms with Crippen molar-refractivity contribution in [3.05, 3.63) is 59.2 Å². The summed E-state index contributed by atoms with van der Waals surface area (Å²) in [7, 11) is 0. The molecule has 5 heteroatoms. The van der Waals surface area contributed by atoms with Crippen LogP contribution in [0.25, 0.3) is 0 Å². The summed E-state index contributed by atoms with van der Waals surface area (Å²) in [6.45, 7) is 3.00. The summed E-state index contributed by atoms with van der Waals surface area (Å²) < 4.78 is 45.7. The number of aromatic nitrogens is 1. The lowest BCUT2D eigenvalue weighted by Gasteiger charge is -2.26. The monoisotopic (exact) mass is 443 g/mol. The van der Waals surface area contributed by atoms with Crippen molar-refractivity contribution in [2.24, 2.45) is 5.92 Å². The molecule has 32 heavy (non-hydrogen) atoms. The number of halogens is 3. The number of hydrogen-bond acceptors (Lipinski definition) is 2. The molecule has 1 saturated carbocycles. The molecule has 3 rings (SSSR count). The Labute approximate surface area is 189 Å². The molecule has 172 valence electrons. The van der Waals surface area contributed by atoms with Gasteiger partial charge >= 0.3 is 0 Å². The fourth-order valence-electron chi connectivity index (χ4n) is 4.19. The van der Waals surface area contributed by atoms with Gasteiger partial charge < -0.3 is 4.74 Å². The van der Waals surface area contributed by atoms with Crippen LogP contribution in [0, 0.1) is 35.5 Å². The van der Waals surface area contributed by atoms with Crippen molar-refractivity contribution in [3.8, 4) is 17.6 Å². The molecule has 1 heterocycles. The number of nitrogens with zero attached hydrogens (tertiary/aromatic N) is 1. The summed E-state index contributed by atoms with van der Waals surface area (Å²) in [5.41, 5.74) is 1.11. The van der Waals surface area contributed by atoms with E-state index >= 15 is 0 Å². The van der Waals surface area contributed by atoms with Crippen LogP contribution in [0.3, 0.4) is 0 Å². The molecule has 1 aliphatic carbocycles. The summed E-state index contributed by atoms with van der Waals surface area (Å²) in [6.07, 6.45) is 11.3. The summed E-state index contributed by atoms with van der Waals surface area (Å²) in [5, 5.41) is 0. The molecule has 0 amide bonds. The molecular formula is C27H32F3NO. The maximum absolute atomic E-state index is 13.6. The van der Waals surface area contributed by atoms with Crippen LogP contribution in [0.5, 0.6) is 5.75 Å². The van der Waals surface area contributed by atoms with Gasteiger partial charge in [0.15, 0.2) is 5.82 Å². The minimum atomic E-state index is -1.44. The Morgan fingerprint density at radius 2 is 1.59 bits per heavy atom. The van der Waals surface area contributed by atoms with Crippen LogP contribution in [-0.4, -0.2) is 11.6 Å². The fraction of sp³-hybridized carbons (Fsp3) is 0.519. The number of hydrogen-bond donors (Lipinski definition) is 0. The summed E-state index contributed by atoms with van der Waals surface area (Å²) >= 11 is 0. The van der Waals surface area contributed by atoms with Gasteiger partial charge in [-0.2, -0.15) is 13.8 Å². The molecule has 0 aliphatic heterocycles. The lowest BCUT2D eigenvalue weighted by molar-refractivity contribution is 0.304. The first kappa shape index (κ1) is 24.2. The molecule has 2 aromatic rings. The van der Waals surface area contributed by atoms with Gasteiger partial charge in [-0.05, 0) is 61.8 Å². The molecule has 0 atom stereocenters. The van der Waals surface area contributed by atoms with E-state index in [4.69, 9.17) is 4.74 Å². The molecule has 0 N–H and O–H groups in total. The van der Waals surface area contributed by atoms with E-state index in [0.29, 0.717) is 5.92 Å². The minimum Gasteiger partial charge on any atom is -0.494 e. The Morgan fingerprint density at radius 3 is 2.31 bits per heavy atom. The first-order valence-corrected chi connectivity index (χ1v) is 11.8. The van der Waals surface area contributed by atoms with E-state index in [1.165, 1.54) is 37.7 Å². The molecule has 1 aromatic heterocycles. The van der Waals surface area contributed by atoms with Crippen LogP contribution < -0.4 is 4.74 Å². The smallest absolute Gasteiger partial charge is 0.251 e. The van der Waals surface area contributed by atoms with Crippen molar-refractivity contribution in [2.45, 2.75) is 77.0 Å². The lowest BCUT2D eigenvalue weighted by Crippen LogP contribution is -2.12.